The summed E-state index contributed by atoms with van der Waals surface area (Å²) in [7, 11) is 0. The van der Waals surface area contributed by atoms with Crippen LogP contribution in [0.25, 0.3) is 10.8 Å². The van der Waals surface area contributed by atoms with Crippen LogP contribution in [-0.2, 0) is 0 Å². The van der Waals surface area contributed by atoms with Crippen LogP contribution in [0.5, 0.6) is 0 Å². The molecule has 0 bridgehead atoms. The molecule has 3 aromatic rings. The van der Waals surface area contributed by atoms with E-state index in [1.165, 1.54) is 12.1 Å². The molecule has 0 spiro atoms. The lowest BCUT2D eigenvalue weighted by atomic mass is 9.99. The molecule has 0 atom stereocenters. The van der Waals surface area contributed by atoms with Gasteiger partial charge >= 0.3 is 0 Å². The van der Waals surface area contributed by atoms with E-state index >= 15 is 0 Å². The highest BCUT2D eigenvalue weighted by atomic mass is 19.1. The fourth-order valence-corrected chi connectivity index (χ4v) is 2.98. The first kappa shape index (κ1) is 16.0. The zero-order chi connectivity index (χ0) is 17.3. The summed E-state index contributed by atoms with van der Waals surface area (Å²) < 4.78 is 13.7. The molecule has 0 amide bonds. The van der Waals surface area contributed by atoms with Crippen molar-refractivity contribution in [3.8, 4) is 0 Å². The predicted octanol–water partition coefficient (Wildman–Crippen LogP) is 5.13. The lowest BCUT2D eigenvalue weighted by Gasteiger charge is -2.28. The van der Waals surface area contributed by atoms with Crippen molar-refractivity contribution in [2.75, 3.05) is 4.90 Å². The van der Waals surface area contributed by atoms with Gasteiger partial charge in [-0.1, -0.05) is 50.2 Å². The summed E-state index contributed by atoms with van der Waals surface area (Å²) in [5, 5.41) is 10.2. The van der Waals surface area contributed by atoms with Crippen LogP contribution in [0, 0.1) is 11.2 Å². The molecule has 4 heteroatoms. The number of hydrogen-bond donors (Lipinski definition) is 2. The number of hydrogen-bond acceptors (Lipinski definition) is 1. The van der Waals surface area contributed by atoms with Crippen molar-refractivity contribution < 1.29 is 4.39 Å². The SMILES string of the molecule is CC(C)c1cc(F)ccc1N(C(=N)N)c1cccc2ccccc12. The Balaban J connectivity index is 2.27. The molecule has 0 saturated carbocycles. The van der Waals surface area contributed by atoms with Gasteiger partial charge in [-0.05, 0) is 41.1 Å². The van der Waals surface area contributed by atoms with Gasteiger partial charge in [0.1, 0.15) is 5.82 Å². The van der Waals surface area contributed by atoms with Gasteiger partial charge in [0, 0.05) is 5.39 Å². The van der Waals surface area contributed by atoms with Crippen LogP contribution in [0.3, 0.4) is 0 Å². The molecule has 3 aromatic carbocycles. The van der Waals surface area contributed by atoms with E-state index in [9.17, 15) is 4.39 Å². The Morgan fingerprint density at radius 3 is 2.42 bits per heavy atom. The summed E-state index contributed by atoms with van der Waals surface area (Å²) in [4.78, 5) is 1.68. The quantitative estimate of drug-likeness (QED) is 0.519. The third-order valence-electron chi connectivity index (χ3n) is 4.10. The van der Waals surface area contributed by atoms with Gasteiger partial charge in [0.2, 0.25) is 0 Å². The standard InChI is InChI=1S/C20H20FN3/c1-13(2)17-12-15(21)10-11-19(17)24(20(22)23)18-9-5-7-14-6-3-4-8-16(14)18/h3-13H,1-2H3,(H3,22,23). The minimum Gasteiger partial charge on any atom is -0.369 e. The number of nitrogens with zero attached hydrogens (tertiary/aromatic N) is 1. The predicted molar refractivity (Wildman–Crippen MR) is 98.5 cm³/mol. The second kappa shape index (κ2) is 6.32. The van der Waals surface area contributed by atoms with Crippen molar-refractivity contribution in [2.45, 2.75) is 19.8 Å². The van der Waals surface area contributed by atoms with Crippen LogP contribution in [0.4, 0.5) is 15.8 Å². The molecule has 0 unspecified atom stereocenters. The first-order valence-electron chi connectivity index (χ1n) is 7.90. The van der Waals surface area contributed by atoms with E-state index in [1.807, 2.05) is 56.3 Å². The zero-order valence-corrected chi connectivity index (χ0v) is 13.8. The van der Waals surface area contributed by atoms with Gasteiger partial charge in [-0.3, -0.25) is 10.3 Å². The average Bonchev–Trinajstić information content (AvgIpc) is 2.56. The Bertz CT molecular complexity index is 897. The van der Waals surface area contributed by atoms with Gasteiger partial charge in [-0.25, -0.2) is 4.39 Å². The molecular weight excluding hydrogens is 301 g/mol. The van der Waals surface area contributed by atoms with Gasteiger partial charge in [0.15, 0.2) is 5.96 Å². The summed E-state index contributed by atoms with van der Waals surface area (Å²) in [5.41, 5.74) is 8.28. The van der Waals surface area contributed by atoms with Gasteiger partial charge in [-0.15, -0.1) is 0 Å². The normalized spacial score (nSPS) is 11.0. The highest BCUT2D eigenvalue weighted by Gasteiger charge is 2.20. The van der Waals surface area contributed by atoms with Crippen LogP contribution in [0.2, 0.25) is 0 Å². The Morgan fingerprint density at radius 2 is 1.71 bits per heavy atom. The van der Waals surface area contributed by atoms with Crippen molar-refractivity contribution in [1.82, 2.24) is 0 Å². The average molecular weight is 321 g/mol. The van der Waals surface area contributed by atoms with Crippen LogP contribution in [-0.4, -0.2) is 5.96 Å². The number of nitrogens with two attached hydrogens (primary N) is 1. The highest BCUT2D eigenvalue weighted by molar-refractivity contribution is 6.08. The summed E-state index contributed by atoms with van der Waals surface area (Å²) >= 11 is 0. The Kier molecular flexibility index (Phi) is 4.21. The topological polar surface area (TPSA) is 53.1 Å². The van der Waals surface area contributed by atoms with E-state index < -0.39 is 0 Å². The van der Waals surface area contributed by atoms with Crippen molar-refractivity contribution in [2.24, 2.45) is 5.73 Å². The largest absolute Gasteiger partial charge is 0.369 e. The minimum absolute atomic E-state index is 0.0974. The summed E-state index contributed by atoms with van der Waals surface area (Å²) in [6.07, 6.45) is 0. The maximum absolute atomic E-state index is 13.7. The third kappa shape index (κ3) is 2.83. The molecule has 0 radical (unpaired) electrons. The van der Waals surface area contributed by atoms with Gasteiger partial charge in [0.25, 0.3) is 0 Å². The molecule has 0 heterocycles. The lowest BCUT2D eigenvalue weighted by molar-refractivity contribution is 0.623. The van der Waals surface area contributed by atoms with E-state index in [0.29, 0.717) is 0 Å². The monoisotopic (exact) mass is 321 g/mol. The number of halogens is 1. The number of rotatable bonds is 3. The summed E-state index contributed by atoms with van der Waals surface area (Å²) in [5.74, 6) is -0.281. The molecule has 24 heavy (non-hydrogen) atoms. The van der Waals surface area contributed by atoms with E-state index in [2.05, 4.69) is 0 Å². The molecule has 0 fully saturated rings. The first-order valence-corrected chi connectivity index (χ1v) is 7.90. The van der Waals surface area contributed by atoms with Gasteiger partial charge in [-0.2, -0.15) is 0 Å². The lowest BCUT2D eigenvalue weighted by Crippen LogP contribution is -2.33. The first-order chi connectivity index (χ1) is 11.5. The van der Waals surface area contributed by atoms with Gasteiger partial charge < -0.3 is 5.73 Å². The molecule has 0 aliphatic rings. The van der Waals surface area contributed by atoms with Gasteiger partial charge in [0.05, 0.1) is 11.4 Å². The molecule has 3 N–H and O–H groups in total. The van der Waals surface area contributed by atoms with Crippen LogP contribution in [0.1, 0.15) is 25.3 Å². The van der Waals surface area contributed by atoms with Crippen LogP contribution < -0.4 is 10.6 Å². The molecule has 122 valence electrons. The number of fused-ring (bicyclic) bond motifs is 1. The molecule has 0 saturated heterocycles. The Labute approximate surface area is 141 Å². The van der Waals surface area contributed by atoms with Crippen molar-refractivity contribution in [3.63, 3.8) is 0 Å². The highest BCUT2D eigenvalue weighted by Crippen LogP contribution is 2.36. The molecule has 0 aliphatic carbocycles. The van der Waals surface area contributed by atoms with E-state index in [0.717, 1.165) is 27.7 Å². The fourth-order valence-electron chi connectivity index (χ4n) is 2.98. The fraction of sp³-hybridized carbons (Fsp3) is 0.150. The number of guanidine groups is 1. The molecule has 3 nitrogen and oxygen atoms in total. The Hall–Kier alpha value is -2.88. The molecule has 0 aliphatic heterocycles. The third-order valence-corrected chi connectivity index (χ3v) is 4.10. The molecule has 0 aromatic heterocycles. The van der Waals surface area contributed by atoms with E-state index in [-0.39, 0.29) is 17.7 Å². The Morgan fingerprint density at radius 1 is 1.00 bits per heavy atom. The van der Waals surface area contributed by atoms with Crippen molar-refractivity contribution in [3.05, 3.63) is 72.0 Å². The zero-order valence-electron chi connectivity index (χ0n) is 13.8. The van der Waals surface area contributed by atoms with Crippen molar-refractivity contribution >= 4 is 28.1 Å². The summed E-state index contributed by atoms with van der Waals surface area (Å²) in [6.45, 7) is 4.00. The molecular formula is C20H20FN3. The van der Waals surface area contributed by atoms with Crippen LogP contribution >= 0.6 is 0 Å². The second-order valence-electron chi connectivity index (χ2n) is 6.08. The second-order valence-corrected chi connectivity index (χ2v) is 6.08. The number of nitrogens with one attached hydrogen (secondary N) is 1. The van der Waals surface area contributed by atoms with Crippen LogP contribution in [0.15, 0.2) is 60.7 Å². The molecule has 3 rings (SSSR count). The minimum atomic E-state index is -0.288. The maximum atomic E-state index is 13.7. The van der Waals surface area contributed by atoms with E-state index in [1.54, 1.807) is 11.0 Å². The maximum Gasteiger partial charge on any atom is 0.197 e. The number of benzene rings is 3. The smallest absolute Gasteiger partial charge is 0.197 e. The van der Waals surface area contributed by atoms with E-state index in [4.69, 9.17) is 11.1 Å². The summed E-state index contributed by atoms with van der Waals surface area (Å²) in [6, 6.07) is 18.4. The van der Waals surface area contributed by atoms with Crippen molar-refractivity contribution in [1.29, 1.82) is 5.41 Å². The number of anilines is 2.